The van der Waals surface area contributed by atoms with E-state index in [0.717, 1.165) is 31.1 Å². The molecule has 3 rings (SSSR count). The van der Waals surface area contributed by atoms with E-state index in [1.54, 1.807) is 0 Å². The molecule has 0 radical (unpaired) electrons. The van der Waals surface area contributed by atoms with Crippen molar-refractivity contribution in [3.8, 4) is 11.5 Å². The summed E-state index contributed by atoms with van der Waals surface area (Å²) in [6.45, 7) is 4.43. The molecular weight excluding hydrogens is 244 g/mol. The Morgan fingerprint density at radius 1 is 1.21 bits per heavy atom. The summed E-state index contributed by atoms with van der Waals surface area (Å²) in [5.41, 5.74) is 1.17. The van der Waals surface area contributed by atoms with Crippen LogP contribution in [0.25, 0.3) is 0 Å². The molecule has 19 heavy (non-hydrogen) atoms. The number of hydrogen-bond acceptors (Lipinski definition) is 5. The lowest BCUT2D eigenvalue weighted by atomic mass is 10.1. The molecule has 2 unspecified atom stereocenters. The SMILES string of the molecule is OC1CNCC1CNCc1ccc2c(c1)OCCO2. The topological polar surface area (TPSA) is 62.8 Å². The van der Waals surface area contributed by atoms with Gasteiger partial charge in [0.25, 0.3) is 0 Å². The number of ether oxygens (including phenoxy) is 2. The van der Waals surface area contributed by atoms with Gasteiger partial charge in [0.05, 0.1) is 6.10 Å². The fraction of sp³-hybridized carbons (Fsp3) is 0.571. The number of nitrogens with one attached hydrogen (secondary N) is 2. The normalized spacial score (nSPS) is 25.5. The van der Waals surface area contributed by atoms with Crippen molar-refractivity contribution in [1.29, 1.82) is 0 Å². The first kappa shape index (κ1) is 12.7. The first-order chi connectivity index (χ1) is 9.33. The zero-order valence-corrected chi connectivity index (χ0v) is 10.9. The molecule has 0 bridgehead atoms. The van der Waals surface area contributed by atoms with Crippen molar-refractivity contribution < 1.29 is 14.6 Å². The van der Waals surface area contributed by atoms with Gasteiger partial charge in [-0.05, 0) is 17.7 Å². The molecule has 0 spiro atoms. The molecule has 1 aromatic rings. The molecule has 0 saturated carbocycles. The van der Waals surface area contributed by atoms with E-state index in [4.69, 9.17) is 9.47 Å². The highest BCUT2D eigenvalue weighted by molar-refractivity contribution is 5.43. The van der Waals surface area contributed by atoms with Crippen LogP contribution in [0.3, 0.4) is 0 Å². The fourth-order valence-electron chi connectivity index (χ4n) is 2.53. The first-order valence-electron chi connectivity index (χ1n) is 6.81. The van der Waals surface area contributed by atoms with Gasteiger partial charge in [-0.1, -0.05) is 6.07 Å². The summed E-state index contributed by atoms with van der Waals surface area (Å²) < 4.78 is 11.0. The van der Waals surface area contributed by atoms with Crippen molar-refractivity contribution in [2.24, 2.45) is 5.92 Å². The zero-order valence-electron chi connectivity index (χ0n) is 10.9. The lowest BCUT2D eigenvalue weighted by molar-refractivity contribution is 0.146. The van der Waals surface area contributed by atoms with Crippen LogP contribution < -0.4 is 20.1 Å². The van der Waals surface area contributed by atoms with Crippen LogP contribution in [0.2, 0.25) is 0 Å². The minimum Gasteiger partial charge on any atom is -0.486 e. The van der Waals surface area contributed by atoms with E-state index >= 15 is 0 Å². The van der Waals surface area contributed by atoms with E-state index in [2.05, 4.69) is 10.6 Å². The summed E-state index contributed by atoms with van der Waals surface area (Å²) in [5.74, 6) is 1.95. The third-order valence-corrected chi connectivity index (χ3v) is 3.65. The van der Waals surface area contributed by atoms with Crippen LogP contribution in [0.5, 0.6) is 11.5 Å². The Hall–Kier alpha value is -1.30. The smallest absolute Gasteiger partial charge is 0.161 e. The quantitative estimate of drug-likeness (QED) is 0.721. The summed E-state index contributed by atoms with van der Waals surface area (Å²) >= 11 is 0. The minimum atomic E-state index is -0.229. The van der Waals surface area contributed by atoms with E-state index in [1.165, 1.54) is 5.56 Å². The van der Waals surface area contributed by atoms with E-state index < -0.39 is 0 Å². The fourth-order valence-corrected chi connectivity index (χ4v) is 2.53. The van der Waals surface area contributed by atoms with Gasteiger partial charge in [-0.2, -0.15) is 0 Å². The first-order valence-corrected chi connectivity index (χ1v) is 6.81. The van der Waals surface area contributed by atoms with E-state index in [-0.39, 0.29) is 6.10 Å². The van der Waals surface area contributed by atoms with Crippen LogP contribution in [-0.2, 0) is 6.54 Å². The van der Waals surface area contributed by atoms with E-state index in [9.17, 15) is 5.11 Å². The standard InChI is InChI=1S/C14H20N2O3/c17-12-9-16-8-11(12)7-15-6-10-1-2-13-14(5-10)19-4-3-18-13/h1-2,5,11-12,15-17H,3-4,6-9H2. The Balaban J connectivity index is 1.52. The molecule has 104 valence electrons. The molecule has 2 aliphatic rings. The van der Waals surface area contributed by atoms with Crippen LogP contribution in [0.4, 0.5) is 0 Å². The highest BCUT2D eigenvalue weighted by atomic mass is 16.6. The van der Waals surface area contributed by atoms with Gasteiger partial charge in [0, 0.05) is 32.1 Å². The second-order valence-electron chi connectivity index (χ2n) is 5.09. The Kier molecular flexibility index (Phi) is 3.87. The van der Waals surface area contributed by atoms with Crippen molar-refractivity contribution in [1.82, 2.24) is 10.6 Å². The third kappa shape index (κ3) is 3.00. The number of fused-ring (bicyclic) bond motifs is 1. The summed E-state index contributed by atoms with van der Waals surface area (Å²) in [6, 6.07) is 6.02. The van der Waals surface area contributed by atoms with Gasteiger partial charge >= 0.3 is 0 Å². The minimum absolute atomic E-state index is 0.229. The predicted octanol–water partition coefficient (Wildman–Crippen LogP) is 0.128. The molecule has 3 N–H and O–H groups in total. The molecular formula is C14H20N2O3. The lowest BCUT2D eigenvalue weighted by Crippen LogP contribution is -2.30. The van der Waals surface area contributed by atoms with Gasteiger partial charge in [-0.25, -0.2) is 0 Å². The van der Waals surface area contributed by atoms with E-state index in [1.807, 2.05) is 18.2 Å². The van der Waals surface area contributed by atoms with Crippen molar-refractivity contribution in [2.75, 3.05) is 32.8 Å². The largest absolute Gasteiger partial charge is 0.486 e. The molecule has 2 heterocycles. The molecule has 2 atom stereocenters. The monoisotopic (exact) mass is 264 g/mol. The van der Waals surface area contributed by atoms with Gasteiger partial charge in [0.15, 0.2) is 11.5 Å². The predicted molar refractivity (Wildman–Crippen MR) is 71.5 cm³/mol. The Labute approximate surface area is 112 Å². The summed E-state index contributed by atoms with van der Waals surface area (Å²) in [7, 11) is 0. The highest BCUT2D eigenvalue weighted by Gasteiger charge is 2.24. The zero-order chi connectivity index (χ0) is 13.1. The molecule has 2 aliphatic heterocycles. The van der Waals surface area contributed by atoms with Crippen LogP contribution in [0.1, 0.15) is 5.56 Å². The lowest BCUT2D eigenvalue weighted by Gasteiger charge is -2.19. The second-order valence-corrected chi connectivity index (χ2v) is 5.09. The van der Waals surface area contributed by atoms with Gasteiger partial charge in [-0.15, -0.1) is 0 Å². The molecule has 1 fully saturated rings. The van der Waals surface area contributed by atoms with Gasteiger partial charge < -0.3 is 25.2 Å². The second kappa shape index (κ2) is 5.77. The van der Waals surface area contributed by atoms with Crippen LogP contribution in [0.15, 0.2) is 18.2 Å². The van der Waals surface area contributed by atoms with Crippen molar-refractivity contribution in [2.45, 2.75) is 12.6 Å². The number of aliphatic hydroxyl groups is 1. The van der Waals surface area contributed by atoms with Crippen molar-refractivity contribution in [3.05, 3.63) is 23.8 Å². The average molecular weight is 264 g/mol. The van der Waals surface area contributed by atoms with Crippen LogP contribution in [-0.4, -0.2) is 44.1 Å². The molecule has 5 nitrogen and oxygen atoms in total. The van der Waals surface area contributed by atoms with Crippen molar-refractivity contribution in [3.63, 3.8) is 0 Å². The van der Waals surface area contributed by atoms with Crippen LogP contribution >= 0.6 is 0 Å². The van der Waals surface area contributed by atoms with Gasteiger partial charge in [0.1, 0.15) is 13.2 Å². The van der Waals surface area contributed by atoms with E-state index in [0.29, 0.717) is 25.7 Å². The maximum absolute atomic E-state index is 9.71. The number of rotatable bonds is 4. The van der Waals surface area contributed by atoms with Crippen LogP contribution in [0, 0.1) is 5.92 Å². The maximum atomic E-state index is 9.71. The van der Waals surface area contributed by atoms with Gasteiger partial charge in [0.2, 0.25) is 0 Å². The molecule has 1 saturated heterocycles. The Bertz CT molecular complexity index is 439. The Morgan fingerprint density at radius 2 is 2.05 bits per heavy atom. The third-order valence-electron chi connectivity index (χ3n) is 3.65. The number of benzene rings is 1. The van der Waals surface area contributed by atoms with Gasteiger partial charge in [-0.3, -0.25) is 0 Å². The summed E-state index contributed by atoms with van der Waals surface area (Å²) in [4.78, 5) is 0. The number of β-amino-alcohol motifs (C(OH)–C–C–N with tert-alkyl or cyclic N) is 1. The molecule has 0 amide bonds. The Morgan fingerprint density at radius 3 is 2.84 bits per heavy atom. The van der Waals surface area contributed by atoms with Crippen molar-refractivity contribution >= 4 is 0 Å². The summed E-state index contributed by atoms with van der Waals surface area (Å²) in [5, 5.41) is 16.3. The maximum Gasteiger partial charge on any atom is 0.161 e. The molecule has 1 aromatic carbocycles. The molecule has 0 aromatic heterocycles. The molecule has 5 heteroatoms. The average Bonchev–Trinajstić information content (AvgIpc) is 2.84. The molecule has 0 aliphatic carbocycles. The number of aliphatic hydroxyl groups excluding tert-OH is 1. The highest BCUT2D eigenvalue weighted by Crippen LogP contribution is 2.30. The summed E-state index contributed by atoms with van der Waals surface area (Å²) in [6.07, 6.45) is -0.229. The number of hydrogen-bond donors (Lipinski definition) is 3.